The Kier molecular flexibility index (Phi) is 5.52. The van der Waals surface area contributed by atoms with Gasteiger partial charge >= 0.3 is 0 Å². The number of furan rings is 1. The number of nitriles is 1. The first-order chi connectivity index (χ1) is 13.7. The Hall–Kier alpha value is -2.55. The number of aromatic nitrogens is 1. The molecule has 0 saturated carbocycles. The van der Waals surface area contributed by atoms with Crippen LogP contribution < -0.4 is 0 Å². The Balaban J connectivity index is 1.69. The van der Waals surface area contributed by atoms with E-state index in [1.54, 1.807) is 36.8 Å². The molecule has 0 saturated heterocycles. The molecule has 0 fully saturated rings. The van der Waals surface area contributed by atoms with Gasteiger partial charge in [-0.25, -0.2) is 4.98 Å². The van der Waals surface area contributed by atoms with Crippen LogP contribution in [0.5, 0.6) is 0 Å². The minimum atomic E-state index is -0.0186. The molecule has 0 aliphatic heterocycles. The van der Waals surface area contributed by atoms with Crippen LogP contribution >= 0.6 is 23.4 Å². The van der Waals surface area contributed by atoms with Gasteiger partial charge in [0.05, 0.1) is 23.8 Å². The molecule has 140 valence electrons. The normalized spacial score (nSPS) is 13.0. The highest BCUT2D eigenvalue weighted by molar-refractivity contribution is 8.00. The molecule has 1 aliphatic rings. The number of pyridine rings is 1. The molecule has 2 aromatic heterocycles. The van der Waals surface area contributed by atoms with Crippen molar-refractivity contribution in [3.8, 4) is 17.2 Å². The van der Waals surface area contributed by atoms with Gasteiger partial charge in [0, 0.05) is 27.4 Å². The SMILES string of the molecule is N#Cc1c(SCC(=O)c2ccc(Cl)cc2)nc2c(c1-c1ccoc1)CCCC2. The number of hydrogen-bond acceptors (Lipinski definition) is 5. The van der Waals surface area contributed by atoms with Gasteiger partial charge in [-0.15, -0.1) is 0 Å². The molecule has 0 spiro atoms. The smallest absolute Gasteiger partial charge is 0.173 e. The molecular formula is C22H17ClN2O2S. The summed E-state index contributed by atoms with van der Waals surface area (Å²) in [6, 6.07) is 11.0. The van der Waals surface area contributed by atoms with Crippen LogP contribution in [0.15, 0.2) is 52.3 Å². The number of halogens is 1. The Morgan fingerprint density at radius 2 is 2.00 bits per heavy atom. The molecule has 1 aromatic carbocycles. The molecule has 0 amide bonds. The van der Waals surface area contributed by atoms with Crippen LogP contribution in [0.4, 0.5) is 0 Å². The molecule has 0 radical (unpaired) electrons. The molecule has 0 bridgehead atoms. The van der Waals surface area contributed by atoms with Crippen LogP contribution in [0.25, 0.3) is 11.1 Å². The molecule has 0 N–H and O–H groups in total. The van der Waals surface area contributed by atoms with E-state index >= 15 is 0 Å². The fourth-order valence-electron chi connectivity index (χ4n) is 3.50. The Morgan fingerprint density at radius 1 is 1.21 bits per heavy atom. The van der Waals surface area contributed by atoms with E-state index in [1.807, 2.05) is 6.07 Å². The first-order valence-corrected chi connectivity index (χ1v) is 10.4. The van der Waals surface area contributed by atoms with E-state index in [0.29, 0.717) is 21.2 Å². The van der Waals surface area contributed by atoms with Crippen molar-refractivity contribution in [2.45, 2.75) is 30.7 Å². The zero-order chi connectivity index (χ0) is 19.5. The Bertz CT molecular complexity index is 1050. The summed E-state index contributed by atoms with van der Waals surface area (Å²) >= 11 is 7.21. The average Bonchev–Trinajstić information content (AvgIpc) is 3.25. The van der Waals surface area contributed by atoms with Crippen LogP contribution in [0, 0.1) is 11.3 Å². The monoisotopic (exact) mass is 408 g/mol. The summed E-state index contributed by atoms with van der Waals surface area (Å²) < 4.78 is 5.26. The number of thioether (sulfide) groups is 1. The number of fused-ring (bicyclic) bond motifs is 1. The minimum Gasteiger partial charge on any atom is -0.472 e. The predicted molar refractivity (Wildman–Crippen MR) is 110 cm³/mol. The van der Waals surface area contributed by atoms with E-state index in [4.69, 9.17) is 21.0 Å². The van der Waals surface area contributed by atoms with Crippen molar-refractivity contribution < 1.29 is 9.21 Å². The molecule has 2 heterocycles. The number of benzene rings is 1. The second kappa shape index (κ2) is 8.22. The lowest BCUT2D eigenvalue weighted by Gasteiger charge is -2.21. The molecule has 6 heteroatoms. The van der Waals surface area contributed by atoms with E-state index < -0.39 is 0 Å². The summed E-state index contributed by atoms with van der Waals surface area (Å²) in [5.74, 6) is 0.197. The van der Waals surface area contributed by atoms with E-state index in [2.05, 4.69) is 6.07 Å². The predicted octanol–water partition coefficient (Wildman–Crippen LogP) is 5.72. The lowest BCUT2D eigenvalue weighted by atomic mass is 9.88. The largest absolute Gasteiger partial charge is 0.472 e. The summed E-state index contributed by atoms with van der Waals surface area (Å²) in [5.41, 5.74) is 5.09. The fourth-order valence-corrected chi connectivity index (χ4v) is 4.53. The standard InChI is InChI=1S/C22H17ClN2O2S/c23-16-7-5-14(6-8-16)20(26)13-28-22-18(11-24)21(15-9-10-27-12-15)17-3-1-2-4-19(17)25-22/h5-10,12H,1-4,13H2. The van der Waals surface area contributed by atoms with Gasteiger partial charge in [-0.05, 0) is 61.6 Å². The van der Waals surface area contributed by atoms with Crippen molar-refractivity contribution in [2.75, 3.05) is 5.75 Å². The second-order valence-corrected chi connectivity index (χ2v) is 8.04. The Labute approximate surface area is 172 Å². The highest BCUT2D eigenvalue weighted by Crippen LogP contribution is 2.38. The van der Waals surface area contributed by atoms with Gasteiger partial charge in [0.25, 0.3) is 0 Å². The van der Waals surface area contributed by atoms with Crippen molar-refractivity contribution in [3.05, 3.63) is 70.3 Å². The van der Waals surface area contributed by atoms with Gasteiger partial charge in [0.1, 0.15) is 11.1 Å². The number of rotatable bonds is 5. The summed E-state index contributed by atoms with van der Waals surface area (Å²) in [5, 5.41) is 11.1. The third-order valence-electron chi connectivity index (χ3n) is 4.87. The summed E-state index contributed by atoms with van der Waals surface area (Å²) in [6.45, 7) is 0. The maximum Gasteiger partial charge on any atom is 0.173 e. The van der Waals surface area contributed by atoms with Gasteiger partial charge in [-0.1, -0.05) is 23.4 Å². The average molecular weight is 409 g/mol. The molecular weight excluding hydrogens is 392 g/mol. The van der Waals surface area contributed by atoms with Crippen molar-refractivity contribution in [1.29, 1.82) is 5.26 Å². The molecule has 3 aromatic rings. The van der Waals surface area contributed by atoms with Gasteiger partial charge in [0.15, 0.2) is 5.78 Å². The van der Waals surface area contributed by atoms with E-state index in [-0.39, 0.29) is 11.5 Å². The Morgan fingerprint density at radius 3 is 2.71 bits per heavy atom. The van der Waals surface area contributed by atoms with Crippen LogP contribution in [-0.2, 0) is 12.8 Å². The van der Waals surface area contributed by atoms with E-state index in [0.717, 1.165) is 48.1 Å². The van der Waals surface area contributed by atoms with Gasteiger partial charge in [0.2, 0.25) is 0 Å². The van der Waals surface area contributed by atoms with Crippen molar-refractivity contribution >= 4 is 29.1 Å². The van der Waals surface area contributed by atoms with Crippen molar-refractivity contribution in [1.82, 2.24) is 4.98 Å². The third-order valence-corrected chi connectivity index (χ3v) is 6.10. The lowest BCUT2D eigenvalue weighted by molar-refractivity contribution is 0.102. The van der Waals surface area contributed by atoms with Crippen LogP contribution in [0.1, 0.15) is 40.0 Å². The van der Waals surface area contributed by atoms with E-state index in [1.165, 1.54) is 11.8 Å². The number of aryl methyl sites for hydroxylation is 1. The summed E-state index contributed by atoms with van der Waals surface area (Å²) in [7, 11) is 0. The van der Waals surface area contributed by atoms with Gasteiger partial charge < -0.3 is 4.42 Å². The number of carbonyl (C=O) groups is 1. The maximum absolute atomic E-state index is 12.5. The minimum absolute atomic E-state index is 0.0186. The van der Waals surface area contributed by atoms with Crippen LogP contribution in [0.3, 0.4) is 0 Å². The lowest BCUT2D eigenvalue weighted by Crippen LogP contribution is -2.11. The quantitative estimate of drug-likeness (QED) is 0.399. The summed E-state index contributed by atoms with van der Waals surface area (Å²) in [6.07, 6.45) is 7.26. The van der Waals surface area contributed by atoms with Crippen molar-refractivity contribution in [2.24, 2.45) is 0 Å². The number of carbonyl (C=O) groups excluding carboxylic acids is 1. The highest BCUT2D eigenvalue weighted by atomic mass is 35.5. The van der Waals surface area contributed by atoms with Crippen molar-refractivity contribution in [3.63, 3.8) is 0 Å². The number of Topliss-reactive ketones (excluding diaryl/α,β-unsaturated/α-hetero) is 1. The topological polar surface area (TPSA) is 66.9 Å². The first kappa shape index (κ1) is 18.8. The molecule has 1 aliphatic carbocycles. The number of ketones is 1. The molecule has 0 atom stereocenters. The summed E-state index contributed by atoms with van der Waals surface area (Å²) in [4.78, 5) is 17.3. The third kappa shape index (κ3) is 3.71. The zero-order valence-electron chi connectivity index (χ0n) is 15.1. The van der Waals surface area contributed by atoms with Crippen LogP contribution in [-0.4, -0.2) is 16.5 Å². The number of hydrogen-bond donors (Lipinski definition) is 0. The highest BCUT2D eigenvalue weighted by Gasteiger charge is 2.24. The maximum atomic E-state index is 12.5. The second-order valence-electron chi connectivity index (χ2n) is 6.64. The first-order valence-electron chi connectivity index (χ1n) is 9.07. The van der Waals surface area contributed by atoms with Gasteiger partial charge in [-0.2, -0.15) is 5.26 Å². The zero-order valence-corrected chi connectivity index (χ0v) is 16.6. The van der Waals surface area contributed by atoms with Gasteiger partial charge in [-0.3, -0.25) is 4.79 Å². The fraction of sp³-hybridized carbons (Fsp3) is 0.227. The molecule has 4 nitrogen and oxygen atoms in total. The molecule has 0 unspecified atom stereocenters. The van der Waals surface area contributed by atoms with Crippen LogP contribution in [0.2, 0.25) is 5.02 Å². The molecule has 4 rings (SSSR count). The number of nitrogens with zero attached hydrogens (tertiary/aromatic N) is 2. The van der Waals surface area contributed by atoms with E-state index in [9.17, 15) is 10.1 Å². The molecule has 28 heavy (non-hydrogen) atoms.